The zero-order chi connectivity index (χ0) is 31.1. The first-order chi connectivity index (χ1) is 21.0. The molecule has 2 aromatic rings. The fourth-order valence-corrected chi connectivity index (χ4v) is 10.1. The number of anilines is 1. The molecule has 9 heteroatoms. The minimum absolute atomic E-state index is 0.0358. The lowest BCUT2D eigenvalue weighted by molar-refractivity contribution is -0.231. The van der Waals surface area contributed by atoms with Crippen LogP contribution in [0.15, 0.2) is 77.2 Å². The van der Waals surface area contributed by atoms with Crippen LogP contribution in [0.3, 0.4) is 0 Å². The van der Waals surface area contributed by atoms with Crippen molar-refractivity contribution in [2.24, 2.45) is 22.7 Å². The lowest BCUT2D eigenvalue weighted by atomic mass is 9.44. The molecule has 2 aromatic carbocycles. The number of ether oxygens (including phenoxy) is 2. The summed E-state index contributed by atoms with van der Waals surface area (Å²) in [5, 5.41) is 21.9. The van der Waals surface area contributed by atoms with Crippen LogP contribution in [-0.4, -0.2) is 51.9 Å². The number of halogens is 1. The Morgan fingerprint density at radius 3 is 2.68 bits per heavy atom. The van der Waals surface area contributed by atoms with E-state index < -0.39 is 58.9 Å². The topological polar surface area (TPSA) is 119 Å². The van der Waals surface area contributed by atoms with Crippen molar-refractivity contribution in [1.82, 2.24) is 0 Å². The van der Waals surface area contributed by atoms with Crippen molar-refractivity contribution in [1.29, 1.82) is 0 Å². The summed E-state index contributed by atoms with van der Waals surface area (Å²) in [5.41, 5.74) is 3.34. The summed E-state index contributed by atoms with van der Waals surface area (Å²) in [6.45, 7) is 2.92. The maximum absolute atomic E-state index is 17.6. The zero-order valence-corrected chi connectivity index (χ0v) is 25.7. The largest absolute Gasteiger partial charge is 0.399 e. The molecule has 7 rings (SSSR count). The normalized spacial score (nSPS) is 40.5. The lowest BCUT2D eigenvalue weighted by Crippen LogP contribution is -2.69. The average Bonchev–Trinajstić information content (AvgIpc) is 3.51. The number of fused-ring (bicyclic) bond motifs is 7. The van der Waals surface area contributed by atoms with Gasteiger partial charge in [-0.05, 0) is 86.6 Å². The van der Waals surface area contributed by atoms with Crippen LogP contribution in [0.2, 0.25) is 0 Å². The molecule has 4 fully saturated rings. The lowest BCUT2D eigenvalue weighted by Gasteiger charge is -2.62. The minimum atomic E-state index is -2.03. The van der Waals surface area contributed by atoms with Gasteiger partial charge in [-0.2, -0.15) is 0 Å². The molecule has 9 atom stereocenters. The van der Waals surface area contributed by atoms with E-state index in [0.717, 1.165) is 16.0 Å². The molecular formula is C35H38FNO6S. The van der Waals surface area contributed by atoms with Gasteiger partial charge in [0.15, 0.2) is 29.1 Å². The Morgan fingerprint density at radius 2 is 1.93 bits per heavy atom. The molecule has 0 unspecified atom stereocenters. The van der Waals surface area contributed by atoms with Gasteiger partial charge < -0.3 is 25.4 Å². The van der Waals surface area contributed by atoms with Crippen LogP contribution in [-0.2, 0) is 24.8 Å². The second-order valence-corrected chi connectivity index (χ2v) is 14.5. The van der Waals surface area contributed by atoms with E-state index in [1.165, 1.54) is 12.2 Å². The fourth-order valence-electron chi connectivity index (χ4n) is 9.28. The van der Waals surface area contributed by atoms with E-state index in [2.05, 4.69) is 0 Å². The molecule has 0 amide bonds. The number of thioether (sulfide) groups is 1. The highest BCUT2D eigenvalue weighted by Gasteiger charge is 2.79. The van der Waals surface area contributed by atoms with Crippen LogP contribution in [0.4, 0.5) is 10.1 Å². The van der Waals surface area contributed by atoms with E-state index in [1.807, 2.05) is 55.5 Å². The third kappa shape index (κ3) is 4.02. The van der Waals surface area contributed by atoms with Crippen LogP contribution in [0.25, 0.3) is 0 Å². The summed E-state index contributed by atoms with van der Waals surface area (Å²) in [6.07, 6.45) is 2.84. The van der Waals surface area contributed by atoms with Crippen LogP contribution >= 0.6 is 11.8 Å². The zero-order valence-electron chi connectivity index (χ0n) is 24.9. The van der Waals surface area contributed by atoms with Gasteiger partial charge in [-0.15, -0.1) is 11.8 Å². The monoisotopic (exact) mass is 619 g/mol. The van der Waals surface area contributed by atoms with E-state index in [-0.39, 0.29) is 18.1 Å². The van der Waals surface area contributed by atoms with Crippen molar-refractivity contribution >= 4 is 29.0 Å². The smallest absolute Gasteiger partial charge is 0.193 e. The summed E-state index contributed by atoms with van der Waals surface area (Å²) in [7, 11) is 0. The number of carbonyl (C=O) groups is 2. The van der Waals surface area contributed by atoms with Gasteiger partial charge in [0.1, 0.15) is 6.61 Å². The maximum atomic E-state index is 17.6. The highest BCUT2D eigenvalue weighted by atomic mass is 32.2. The van der Waals surface area contributed by atoms with E-state index in [9.17, 15) is 19.8 Å². The molecule has 7 nitrogen and oxygen atoms in total. The predicted octanol–water partition coefficient (Wildman–Crippen LogP) is 5.26. The molecule has 1 aliphatic heterocycles. The summed E-state index contributed by atoms with van der Waals surface area (Å²) >= 11 is 1.68. The Kier molecular flexibility index (Phi) is 7.03. The van der Waals surface area contributed by atoms with Crippen molar-refractivity contribution in [3.63, 3.8) is 0 Å². The fraction of sp³-hybridized carbons (Fsp3) is 0.486. The summed E-state index contributed by atoms with van der Waals surface area (Å²) in [4.78, 5) is 27.0. The van der Waals surface area contributed by atoms with Crippen molar-refractivity contribution in [3.8, 4) is 0 Å². The number of hydrogen-bond acceptors (Lipinski definition) is 8. The molecule has 5 aliphatic rings. The van der Waals surface area contributed by atoms with Gasteiger partial charge in [0.05, 0.1) is 12.2 Å². The number of allylic oxidation sites excluding steroid dienone is 4. The SMILES string of the molecule is C[C@]12C=CC(=O)C=C1CC[C@H]1[C@@H]3C[C@H]4O[C@@H](c5cccc(CSc6ccc(N)cc6)c5)O[C@@]4(C(=O)CO)[C@@]3(C)C[C@H](O)[C@@]12F. The van der Waals surface area contributed by atoms with Gasteiger partial charge in [0, 0.05) is 38.6 Å². The molecule has 4 aliphatic carbocycles. The number of nitrogens with two attached hydrogens (primary N) is 1. The number of Topliss-reactive ketones (excluding diaryl/α,β-unsaturated/α-hetero) is 1. The Bertz CT molecular complexity index is 1580. The molecule has 3 saturated carbocycles. The van der Waals surface area contributed by atoms with Gasteiger partial charge in [0.2, 0.25) is 0 Å². The Balaban J connectivity index is 1.19. The summed E-state index contributed by atoms with van der Waals surface area (Å²) < 4.78 is 30.8. The van der Waals surface area contributed by atoms with Gasteiger partial charge in [-0.25, -0.2) is 4.39 Å². The van der Waals surface area contributed by atoms with Crippen LogP contribution in [0, 0.1) is 22.7 Å². The predicted molar refractivity (Wildman–Crippen MR) is 164 cm³/mol. The number of alkyl halides is 1. The molecule has 0 bridgehead atoms. The van der Waals surface area contributed by atoms with E-state index in [1.54, 1.807) is 24.8 Å². The molecule has 232 valence electrons. The number of nitrogen functional groups attached to an aromatic ring is 1. The first-order valence-electron chi connectivity index (χ1n) is 15.3. The van der Waals surface area contributed by atoms with Gasteiger partial charge >= 0.3 is 0 Å². The van der Waals surface area contributed by atoms with E-state index in [4.69, 9.17) is 15.2 Å². The third-order valence-electron chi connectivity index (χ3n) is 11.4. The number of ketones is 2. The third-order valence-corrected chi connectivity index (χ3v) is 12.5. The molecular weight excluding hydrogens is 581 g/mol. The minimum Gasteiger partial charge on any atom is -0.399 e. The number of benzene rings is 2. The molecule has 0 aromatic heterocycles. The first kappa shape index (κ1) is 29.9. The van der Waals surface area contributed by atoms with Crippen molar-refractivity contribution in [2.45, 2.75) is 79.9 Å². The second-order valence-electron chi connectivity index (χ2n) is 13.5. The Hall–Kier alpha value is -2.82. The highest BCUT2D eigenvalue weighted by molar-refractivity contribution is 7.98. The standard InChI is InChI=1S/C35H38FNO6S/c1-32-13-12-24(39)15-22(32)6-11-26-27-16-30-35(29(41)18-38,33(27,2)17-28(40)34(26,32)36)43-31(42-30)21-5-3-4-20(14-21)19-44-25-9-7-23(37)8-10-25/h3-5,7-10,12-15,26-28,30-31,38,40H,6,11,16-19,37H2,1-2H3/t26-,27-,28-,30+,31+,32-,33-,34-,35+/m0/s1. The van der Waals surface area contributed by atoms with Gasteiger partial charge in [0.25, 0.3) is 0 Å². The van der Waals surface area contributed by atoms with Crippen molar-refractivity contribution < 1.29 is 33.7 Å². The quantitative estimate of drug-likeness (QED) is 0.296. The maximum Gasteiger partial charge on any atom is 0.193 e. The van der Waals surface area contributed by atoms with Crippen LogP contribution < -0.4 is 5.73 Å². The molecule has 44 heavy (non-hydrogen) atoms. The van der Waals surface area contributed by atoms with Crippen molar-refractivity contribution in [2.75, 3.05) is 12.3 Å². The summed E-state index contributed by atoms with van der Waals surface area (Å²) in [5.74, 6) is -0.905. The van der Waals surface area contributed by atoms with Gasteiger partial charge in [-0.1, -0.05) is 36.8 Å². The average molecular weight is 620 g/mol. The van der Waals surface area contributed by atoms with Gasteiger partial charge in [-0.3, -0.25) is 9.59 Å². The molecule has 4 N–H and O–H groups in total. The van der Waals surface area contributed by atoms with Crippen LogP contribution in [0.5, 0.6) is 0 Å². The number of aliphatic hydroxyl groups is 2. The molecule has 1 heterocycles. The summed E-state index contributed by atoms with van der Waals surface area (Å²) in [6, 6.07) is 15.5. The number of hydrogen-bond donors (Lipinski definition) is 3. The first-order valence-corrected chi connectivity index (χ1v) is 16.3. The number of aliphatic hydroxyl groups excluding tert-OH is 2. The van der Waals surface area contributed by atoms with E-state index >= 15 is 4.39 Å². The highest BCUT2D eigenvalue weighted by Crippen LogP contribution is 2.72. The van der Waals surface area contributed by atoms with Crippen molar-refractivity contribution in [3.05, 3.63) is 83.5 Å². The Labute approximate surface area is 260 Å². The Morgan fingerprint density at radius 1 is 1.16 bits per heavy atom. The molecule has 0 spiro atoms. The molecule has 0 radical (unpaired) electrons. The number of rotatable bonds is 6. The van der Waals surface area contributed by atoms with E-state index in [0.29, 0.717) is 36.3 Å². The number of carbonyl (C=O) groups excluding carboxylic acids is 2. The second kappa shape index (κ2) is 10.4. The molecule has 1 saturated heterocycles. The van der Waals surface area contributed by atoms with Crippen LogP contribution in [0.1, 0.15) is 56.9 Å².